The number of nitrogens with two attached hydrogens (primary N) is 1. The second-order valence-corrected chi connectivity index (χ2v) is 3.51. The van der Waals surface area contributed by atoms with Gasteiger partial charge in [-0.1, -0.05) is 0 Å². The van der Waals surface area contributed by atoms with Crippen LogP contribution in [0.4, 0.5) is 10.1 Å². The summed E-state index contributed by atoms with van der Waals surface area (Å²) in [5.41, 5.74) is 6.09. The number of aliphatic imine (C=N–C) groups is 1. The first-order valence-corrected chi connectivity index (χ1v) is 4.43. The van der Waals surface area contributed by atoms with Gasteiger partial charge < -0.3 is 5.73 Å². The average molecular weight is 278 g/mol. The zero-order chi connectivity index (χ0) is 9.14. The van der Waals surface area contributed by atoms with Crippen LogP contribution in [0.15, 0.2) is 23.2 Å². The number of hydrogen-bond acceptors (Lipinski definition) is 1. The largest absolute Gasteiger partial charge is 0.387 e. The minimum Gasteiger partial charge on any atom is -0.387 e. The van der Waals surface area contributed by atoms with Crippen LogP contribution < -0.4 is 5.73 Å². The summed E-state index contributed by atoms with van der Waals surface area (Å²) >= 11 is 2.02. The van der Waals surface area contributed by atoms with Crippen LogP contribution >= 0.6 is 22.6 Å². The highest BCUT2D eigenvalue weighted by molar-refractivity contribution is 14.1. The summed E-state index contributed by atoms with van der Waals surface area (Å²) in [7, 11) is 0. The normalized spacial score (nSPS) is 11.8. The molecule has 0 aliphatic carbocycles. The first-order chi connectivity index (χ1) is 5.59. The van der Waals surface area contributed by atoms with E-state index in [2.05, 4.69) is 4.99 Å². The fraction of sp³-hybridized carbons (Fsp3) is 0.125. The van der Waals surface area contributed by atoms with E-state index in [0.717, 1.165) is 3.57 Å². The van der Waals surface area contributed by atoms with E-state index in [1.165, 1.54) is 12.1 Å². The van der Waals surface area contributed by atoms with Crippen LogP contribution in [0.3, 0.4) is 0 Å². The predicted octanol–water partition coefficient (Wildman–Crippen LogP) is 2.44. The van der Waals surface area contributed by atoms with Crippen molar-refractivity contribution in [3.63, 3.8) is 0 Å². The lowest BCUT2D eigenvalue weighted by atomic mass is 10.3. The third-order valence-corrected chi connectivity index (χ3v) is 2.07. The number of benzene rings is 1. The molecule has 0 radical (unpaired) electrons. The standard InChI is InChI=1S/C8H8FIN2/c1-5(11)12-8-3-2-6(9)4-7(8)10/h2-4H,1H3,(H2,11,12). The van der Waals surface area contributed by atoms with Gasteiger partial charge in [0, 0.05) is 3.57 Å². The Balaban J connectivity index is 3.10. The molecule has 0 aromatic heterocycles. The Hall–Kier alpha value is -0.650. The molecule has 1 aromatic carbocycles. The Labute approximate surface area is 83.8 Å². The third-order valence-electron chi connectivity index (χ3n) is 1.21. The molecular formula is C8H8FIN2. The Morgan fingerprint density at radius 2 is 2.25 bits per heavy atom. The summed E-state index contributed by atoms with van der Waals surface area (Å²) in [5, 5.41) is 0. The molecule has 0 amide bonds. The molecule has 1 aromatic rings. The molecule has 2 nitrogen and oxygen atoms in total. The molecule has 0 unspecified atom stereocenters. The molecule has 2 N–H and O–H groups in total. The van der Waals surface area contributed by atoms with E-state index in [1.807, 2.05) is 22.6 Å². The Bertz CT molecular complexity index is 319. The van der Waals surface area contributed by atoms with E-state index in [0.29, 0.717) is 11.5 Å². The van der Waals surface area contributed by atoms with Crippen molar-refractivity contribution in [2.45, 2.75) is 6.92 Å². The summed E-state index contributed by atoms with van der Waals surface area (Å²) in [5.74, 6) is 0.215. The highest BCUT2D eigenvalue weighted by Gasteiger charge is 1.98. The van der Waals surface area contributed by atoms with Gasteiger partial charge in [0.15, 0.2) is 0 Å². The molecule has 0 saturated heterocycles. The summed E-state index contributed by atoms with van der Waals surface area (Å²) in [6.07, 6.45) is 0. The second kappa shape index (κ2) is 3.84. The van der Waals surface area contributed by atoms with Gasteiger partial charge in [-0.15, -0.1) is 0 Å². The van der Waals surface area contributed by atoms with Crippen molar-refractivity contribution in [2.75, 3.05) is 0 Å². The van der Waals surface area contributed by atoms with Crippen molar-refractivity contribution < 1.29 is 4.39 Å². The minimum atomic E-state index is -0.256. The van der Waals surface area contributed by atoms with Crippen molar-refractivity contribution in [2.24, 2.45) is 10.7 Å². The van der Waals surface area contributed by atoms with Crippen molar-refractivity contribution in [1.82, 2.24) is 0 Å². The lowest BCUT2D eigenvalue weighted by Crippen LogP contribution is -2.04. The van der Waals surface area contributed by atoms with E-state index in [9.17, 15) is 4.39 Å². The van der Waals surface area contributed by atoms with E-state index >= 15 is 0 Å². The molecule has 0 saturated carbocycles. The lowest BCUT2D eigenvalue weighted by Gasteiger charge is -1.98. The molecule has 0 atom stereocenters. The third kappa shape index (κ3) is 2.44. The molecule has 1 rings (SSSR count). The monoisotopic (exact) mass is 278 g/mol. The number of nitrogens with zero attached hydrogens (tertiary/aromatic N) is 1. The maximum atomic E-state index is 12.6. The van der Waals surface area contributed by atoms with E-state index in [-0.39, 0.29) is 5.82 Å². The van der Waals surface area contributed by atoms with Gasteiger partial charge in [-0.3, -0.25) is 0 Å². The lowest BCUT2D eigenvalue weighted by molar-refractivity contribution is 0.627. The number of hydrogen-bond donors (Lipinski definition) is 1. The topological polar surface area (TPSA) is 38.4 Å². The molecule has 0 aliphatic rings. The van der Waals surface area contributed by atoms with Crippen LogP contribution in [0.1, 0.15) is 6.92 Å². The maximum Gasteiger partial charge on any atom is 0.124 e. The predicted molar refractivity (Wildman–Crippen MR) is 56.1 cm³/mol. The first-order valence-electron chi connectivity index (χ1n) is 3.35. The molecule has 0 bridgehead atoms. The molecular weight excluding hydrogens is 270 g/mol. The van der Waals surface area contributed by atoms with Gasteiger partial charge in [-0.25, -0.2) is 9.38 Å². The first kappa shape index (κ1) is 9.44. The van der Waals surface area contributed by atoms with Gasteiger partial charge in [-0.2, -0.15) is 0 Å². The molecule has 0 aliphatic heterocycles. The quantitative estimate of drug-likeness (QED) is 0.478. The van der Waals surface area contributed by atoms with Crippen LogP contribution in [0.25, 0.3) is 0 Å². The Morgan fingerprint density at radius 1 is 1.58 bits per heavy atom. The average Bonchev–Trinajstić information content (AvgIpc) is 1.94. The number of halogens is 2. The maximum absolute atomic E-state index is 12.6. The van der Waals surface area contributed by atoms with Crippen molar-refractivity contribution in [3.8, 4) is 0 Å². The fourth-order valence-corrected chi connectivity index (χ4v) is 1.36. The van der Waals surface area contributed by atoms with Crippen molar-refractivity contribution in [1.29, 1.82) is 0 Å². The van der Waals surface area contributed by atoms with E-state index < -0.39 is 0 Å². The van der Waals surface area contributed by atoms with Crippen LogP contribution in [0, 0.1) is 9.39 Å². The molecule has 4 heteroatoms. The SMILES string of the molecule is CC(N)=Nc1ccc(F)cc1I. The van der Waals surface area contributed by atoms with Gasteiger partial charge in [0.25, 0.3) is 0 Å². The molecule has 0 spiro atoms. The molecule has 0 heterocycles. The van der Waals surface area contributed by atoms with Crippen molar-refractivity contribution >= 4 is 34.1 Å². The van der Waals surface area contributed by atoms with Gasteiger partial charge in [-0.05, 0) is 47.7 Å². The zero-order valence-electron chi connectivity index (χ0n) is 6.51. The fourth-order valence-electron chi connectivity index (χ4n) is 0.762. The van der Waals surface area contributed by atoms with Crippen LogP contribution in [0.5, 0.6) is 0 Å². The number of rotatable bonds is 1. The van der Waals surface area contributed by atoms with Gasteiger partial charge >= 0.3 is 0 Å². The van der Waals surface area contributed by atoms with Crippen molar-refractivity contribution in [3.05, 3.63) is 27.6 Å². The summed E-state index contributed by atoms with van der Waals surface area (Å²) in [4.78, 5) is 4.02. The van der Waals surface area contributed by atoms with Crippen LogP contribution in [0.2, 0.25) is 0 Å². The molecule has 12 heavy (non-hydrogen) atoms. The molecule has 64 valence electrons. The Morgan fingerprint density at radius 3 is 2.75 bits per heavy atom. The molecule has 0 fully saturated rings. The van der Waals surface area contributed by atoms with Crippen LogP contribution in [-0.4, -0.2) is 5.84 Å². The van der Waals surface area contributed by atoms with Gasteiger partial charge in [0.2, 0.25) is 0 Å². The Kier molecular flexibility index (Phi) is 3.02. The smallest absolute Gasteiger partial charge is 0.124 e. The summed E-state index contributed by atoms with van der Waals surface area (Å²) < 4.78 is 13.4. The zero-order valence-corrected chi connectivity index (χ0v) is 8.67. The minimum absolute atomic E-state index is 0.256. The highest BCUT2D eigenvalue weighted by Crippen LogP contribution is 2.21. The summed E-state index contributed by atoms with van der Waals surface area (Å²) in [6, 6.07) is 4.39. The van der Waals surface area contributed by atoms with E-state index in [1.54, 1.807) is 13.0 Å². The van der Waals surface area contributed by atoms with Crippen LogP contribution in [-0.2, 0) is 0 Å². The highest BCUT2D eigenvalue weighted by atomic mass is 127. The van der Waals surface area contributed by atoms with E-state index in [4.69, 9.17) is 5.73 Å². The summed E-state index contributed by atoms with van der Waals surface area (Å²) in [6.45, 7) is 1.69. The van der Waals surface area contributed by atoms with Gasteiger partial charge in [0.05, 0.1) is 11.5 Å². The number of amidine groups is 1. The second-order valence-electron chi connectivity index (χ2n) is 2.35. The van der Waals surface area contributed by atoms with Gasteiger partial charge in [0.1, 0.15) is 5.82 Å².